The van der Waals surface area contributed by atoms with Crippen molar-refractivity contribution in [2.75, 3.05) is 0 Å². The summed E-state index contributed by atoms with van der Waals surface area (Å²) < 4.78 is 0. The van der Waals surface area contributed by atoms with Gasteiger partial charge in [-0.05, 0) is 30.2 Å². The lowest BCUT2D eigenvalue weighted by Gasteiger charge is -2.33. The molecule has 1 aromatic rings. The van der Waals surface area contributed by atoms with Crippen LogP contribution in [0.3, 0.4) is 0 Å². The van der Waals surface area contributed by atoms with Crippen molar-refractivity contribution in [3.05, 3.63) is 35.9 Å². The fourth-order valence-electron chi connectivity index (χ4n) is 2.88. The predicted molar refractivity (Wildman–Crippen MR) is 66.4 cm³/mol. The van der Waals surface area contributed by atoms with E-state index in [-0.39, 0.29) is 5.92 Å². The molecule has 0 N–H and O–H groups in total. The highest BCUT2D eigenvalue weighted by molar-refractivity contribution is 5.86. The SMILES string of the molecule is CC(C)[C@@H]1CCCC(=O)[C@H]1c1ccccc1. The molecule has 0 amide bonds. The number of carbonyl (C=O) groups excluding carboxylic acids is 1. The molecule has 0 aromatic heterocycles. The summed E-state index contributed by atoms with van der Waals surface area (Å²) in [6, 6.07) is 10.3. The lowest BCUT2D eigenvalue weighted by atomic mass is 9.70. The minimum absolute atomic E-state index is 0.148. The number of ketones is 1. The van der Waals surface area contributed by atoms with E-state index in [1.165, 1.54) is 12.0 Å². The van der Waals surface area contributed by atoms with Crippen molar-refractivity contribution < 1.29 is 4.79 Å². The third kappa shape index (κ3) is 2.18. The van der Waals surface area contributed by atoms with E-state index in [4.69, 9.17) is 0 Å². The number of benzene rings is 1. The van der Waals surface area contributed by atoms with Gasteiger partial charge in [-0.25, -0.2) is 0 Å². The number of hydrogen-bond acceptors (Lipinski definition) is 1. The van der Waals surface area contributed by atoms with Gasteiger partial charge in [-0.3, -0.25) is 4.79 Å². The molecule has 86 valence electrons. The van der Waals surface area contributed by atoms with E-state index in [2.05, 4.69) is 26.0 Å². The molecule has 0 radical (unpaired) electrons. The minimum atomic E-state index is 0.148. The van der Waals surface area contributed by atoms with Crippen molar-refractivity contribution in [1.29, 1.82) is 0 Å². The van der Waals surface area contributed by atoms with E-state index in [9.17, 15) is 4.79 Å². The van der Waals surface area contributed by atoms with Crippen molar-refractivity contribution in [1.82, 2.24) is 0 Å². The van der Waals surface area contributed by atoms with Crippen molar-refractivity contribution in [2.45, 2.75) is 39.0 Å². The summed E-state index contributed by atoms with van der Waals surface area (Å²) >= 11 is 0. The first-order valence-electron chi connectivity index (χ1n) is 6.28. The standard InChI is InChI=1S/C15H20O/c1-11(2)13-9-6-10-14(16)15(13)12-7-4-3-5-8-12/h3-5,7-8,11,13,15H,6,9-10H2,1-2H3/t13-,15-/m0/s1. The zero-order valence-corrected chi connectivity index (χ0v) is 10.1. The van der Waals surface area contributed by atoms with Crippen LogP contribution < -0.4 is 0 Å². The Morgan fingerprint density at radius 1 is 1.19 bits per heavy atom. The quantitative estimate of drug-likeness (QED) is 0.735. The first kappa shape index (κ1) is 11.4. The number of hydrogen-bond donors (Lipinski definition) is 0. The van der Waals surface area contributed by atoms with Crippen molar-refractivity contribution in [3.8, 4) is 0 Å². The molecule has 1 nitrogen and oxygen atoms in total. The van der Waals surface area contributed by atoms with Gasteiger partial charge >= 0.3 is 0 Å². The molecule has 0 spiro atoms. The van der Waals surface area contributed by atoms with Crippen LogP contribution in [0, 0.1) is 11.8 Å². The second-order valence-corrected chi connectivity index (χ2v) is 5.15. The van der Waals surface area contributed by atoms with E-state index in [0.29, 0.717) is 17.6 Å². The predicted octanol–water partition coefficient (Wildman–Crippen LogP) is 3.80. The molecular weight excluding hydrogens is 196 g/mol. The zero-order valence-electron chi connectivity index (χ0n) is 10.1. The van der Waals surface area contributed by atoms with Gasteiger partial charge in [-0.2, -0.15) is 0 Å². The van der Waals surface area contributed by atoms with Crippen molar-refractivity contribution in [3.63, 3.8) is 0 Å². The van der Waals surface area contributed by atoms with Gasteiger partial charge in [0.05, 0.1) is 0 Å². The summed E-state index contributed by atoms with van der Waals surface area (Å²) in [5.41, 5.74) is 1.21. The Morgan fingerprint density at radius 2 is 1.88 bits per heavy atom. The Hall–Kier alpha value is -1.11. The highest BCUT2D eigenvalue weighted by Crippen LogP contribution is 2.39. The minimum Gasteiger partial charge on any atom is -0.299 e. The van der Waals surface area contributed by atoms with E-state index >= 15 is 0 Å². The molecule has 1 heteroatoms. The summed E-state index contributed by atoms with van der Waals surface area (Å²) in [5.74, 6) is 1.71. The van der Waals surface area contributed by atoms with Gasteiger partial charge in [0.2, 0.25) is 0 Å². The van der Waals surface area contributed by atoms with Crippen LogP contribution in [0.2, 0.25) is 0 Å². The second-order valence-electron chi connectivity index (χ2n) is 5.15. The molecule has 1 aliphatic carbocycles. The molecule has 2 atom stereocenters. The zero-order chi connectivity index (χ0) is 11.5. The number of carbonyl (C=O) groups is 1. The maximum Gasteiger partial charge on any atom is 0.140 e. The van der Waals surface area contributed by atoms with Crippen molar-refractivity contribution >= 4 is 5.78 Å². The van der Waals surface area contributed by atoms with Gasteiger partial charge in [0.15, 0.2) is 0 Å². The third-order valence-corrected chi connectivity index (χ3v) is 3.75. The number of rotatable bonds is 2. The molecular formula is C15H20O. The van der Waals surface area contributed by atoms with Crippen molar-refractivity contribution in [2.24, 2.45) is 11.8 Å². The Bertz CT molecular complexity index is 353. The van der Waals surface area contributed by atoms with Crippen LogP contribution in [0.1, 0.15) is 44.6 Å². The molecule has 0 unspecified atom stereocenters. The van der Waals surface area contributed by atoms with Gasteiger partial charge < -0.3 is 0 Å². The summed E-state index contributed by atoms with van der Waals surface area (Å²) in [7, 11) is 0. The van der Waals surface area contributed by atoms with Crippen LogP contribution in [0.4, 0.5) is 0 Å². The Balaban J connectivity index is 2.30. The molecule has 0 aliphatic heterocycles. The van der Waals surface area contributed by atoms with Gasteiger partial charge in [-0.1, -0.05) is 44.2 Å². The smallest absolute Gasteiger partial charge is 0.140 e. The fourth-order valence-corrected chi connectivity index (χ4v) is 2.88. The van der Waals surface area contributed by atoms with Gasteiger partial charge in [0.25, 0.3) is 0 Å². The van der Waals surface area contributed by atoms with Gasteiger partial charge in [0.1, 0.15) is 5.78 Å². The molecule has 2 rings (SSSR count). The van der Waals surface area contributed by atoms with Crippen LogP contribution >= 0.6 is 0 Å². The third-order valence-electron chi connectivity index (χ3n) is 3.75. The topological polar surface area (TPSA) is 17.1 Å². The molecule has 0 bridgehead atoms. The molecule has 1 aromatic carbocycles. The summed E-state index contributed by atoms with van der Waals surface area (Å²) in [5, 5.41) is 0. The van der Waals surface area contributed by atoms with Crippen LogP contribution in [-0.4, -0.2) is 5.78 Å². The van der Waals surface area contributed by atoms with E-state index < -0.39 is 0 Å². The van der Waals surface area contributed by atoms with E-state index in [1.54, 1.807) is 0 Å². The highest BCUT2D eigenvalue weighted by Gasteiger charge is 2.34. The Labute approximate surface area is 97.9 Å². The molecule has 0 saturated heterocycles. The Kier molecular flexibility index (Phi) is 3.42. The van der Waals surface area contributed by atoms with Crippen LogP contribution in [-0.2, 0) is 4.79 Å². The summed E-state index contributed by atoms with van der Waals surface area (Å²) in [6.45, 7) is 4.47. The molecule has 1 aliphatic rings. The van der Waals surface area contributed by atoms with Crippen LogP contribution in [0.25, 0.3) is 0 Å². The second kappa shape index (κ2) is 4.82. The average molecular weight is 216 g/mol. The average Bonchev–Trinajstić information content (AvgIpc) is 2.29. The normalized spacial score (nSPS) is 26.1. The highest BCUT2D eigenvalue weighted by atomic mass is 16.1. The maximum absolute atomic E-state index is 12.1. The first-order chi connectivity index (χ1) is 7.70. The van der Waals surface area contributed by atoms with Crippen LogP contribution in [0.5, 0.6) is 0 Å². The monoisotopic (exact) mass is 216 g/mol. The largest absolute Gasteiger partial charge is 0.299 e. The molecule has 16 heavy (non-hydrogen) atoms. The lowest BCUT2D eigenvalue weighted by molar-refractivity contribution is -0.124. The van der Waals surface area contributed by atoms with Crippen LogP contribution in [0.15, 0.2) is 30.3 Å². The van der Waals surface area contributed by atoms with Gasteiger partial charge in [-0.15, -0.1) is 0 Å². The molecule has 1 saturated carbocycles. The molecule has 1 fully saturated rings. The summed E-state index contributed by atoms with van der Waals surface area (Å²) in [4.78, 5) is 12.1. The number of Topliss-reactive ketones (excluding diaryl/α,β-unsaturated/α-hetero) is 1. The Morgan fingerprint density at radius 3 is 2.50 bits per heavy atom. The maximum atomic E-state index is 12.1. The fraction of sp³-hybridized carbons (Fsp3) is 0.533. The van der Waals surface area contributed by atoms with Gasteiger partial charge in [0, 0.05) is 12.3 Å². The first-order valence-corrected chi connectivity index (χ1v) is 6.28. The molecule has 0 heterocycles. The lowest BCUT2D eigenvalue weighted by Crippen LogP contribution is -2.29. The van der Waals surface area contributed by atoms with E-state index in [1.807, 2.05) is 18.2 Å². The summed E-state index contributed by atoms with van der Waals surface area (Å²) in [6.07, 6.45) is 3.04. The van der Waals surface area contributed by atoms with E-state index in [0.717, 1.165) is 12.8 Å².